The van der Waals surface area contributed by atoms with Gasteiger partial charge in [-0.1, -0.05) is 43.0 Å². The van der Waals surface area contributed by atoms with Crippen LogP contribution in [0.5, 0.6) is 0 Å². The zero-order valence-corrected chi connectivity index (χ0v) is 13.1. The number of aromatic carboxylic acids is 1. The van der Waals surface area contributed by atoms with Crippen LogP contribution in [0.2, 0.25) is 0 Å². The van der Waals surface area contributed by atoms with E-state index in [1.165, 1.54) is 24.3 Å². The predicted molar refractivity (Wildman–Crippen MR) is 86.6 cm³/mol. The van der Waals surface area contributed by atoms with Gasteiger partial charge in [0.05, 0.1) is 11.1 Å². The van der Waals surface area contributed by atoms with E-state index in [1.54, 1.807) is 6.07 Å². The Balaban J connectivity index is 2.43. The SMILES string of the molecule is C=CC(=O)Cc1cccc(Cc2cccc(C(F)(F)F)c2)c1C(=O)O. The highest BCUT2D eigenvalue weighted by molar-refractivity contribution is 5.96. The van der Waals surface area contributed by atoms with Crippen LogP contribution in [0.4, 0.5) is 13.2 Å². The lowest BCUT2D eigenvalue weighted by molar-refractivity contribution is -0.137. The molecule has 2 rings (SSSR count). The van der Waals surface area contributed by atoms with Crippen molar-refractivity contribution in [3.8, 4) is 0 Å². The molecule has 2 aromatic rings. The molecule has 0 aromatic heterocycles. The Hall–Kier alpha value is -2.89. The third kappa shape index (κ3) is 4.56. The molecule has 0 amide bonds. The van der Waals surface area contributed by atoms with E-state index in [2.05, 4.69) is 6.58 Å². The summed E-state index contributed by atoms with van der Waals surface area (Å²) in [5, 5.41) is 9.48. The summed E-state index contributed by atoms with van der Waals surface area (Å²) in [6.07, 6.45) is -3.47. The van der Waals surface area contributed by atoms with Crippen LogP contribution in [-0.4, -0.2) is 16.9 Å². The molecule has 0 aliphatic heterocycles. The molecule has 25 heavy (non-hydrogen) atoms. The van der Waals surface area contributed by atoms with E-state index >= 15 is 0 Å². The minimum atomic E-state index is -4.47. The molecule has 2 aromatic carbocycles. The number of carbonyl (C=O) groups excluding carboxylic acids is 1. The number of alkyl halides is 3. The molecule has 0 spiro atoms. The maximum absolute atomic E-state index is 12.8. The first-order chi connectivity index (χ1) is 11.7. The molecule has 0 atom stereocenters. The summed E-state index contributed by atoms with van der Waals surface area (Å²) < 4.78 is 38.5. The van der Waals surface area contributed by atoms with Crippen LogP contribution in [0, 0.1) is 0 Å². The summed E-state index contributed by atoms with van der Waals surface area (Å²) in [7, 11) is 0. The second kappa shape index (κ2) is 7.34. The molecule has 0 aliphatic rings. The van der Waals surface area contributed by atoms with E-state index in [9.17, 15) is 27.9 Å². The topological polar surface area (TPSA) is 54.4 Å². The van der Waals surface area contributed by atoms with Crippen LogP contribution in [0.25, 0.3) is 0 Å². The molecule has 0 heterocycles. The number of hydrogen-bond donors (Lipinski definition) is 1. The number of hydrogen-bond acceptors (Lipinski definition) is 2. The van der Waals surface area contributed by atoms with Crippen LogP contribution in [0.1, 0.15) is 32.6 Å². The van der Waals surface area contributed by atoms with Gasteiger partial charge in [0.2, 0.25) is 0 Å². The maximum Gasteiger partial charge on any atom is 0.416 e. The molecule has 0 saturated heterocycles. The van der Waals surface area contributed by atoms with E-state index in [4.69, 9.17) is 0 Å². The number of rotatable bonds is 6. The van der Waals surface area contributed by atoms with Crippen molar-refractivity contribution in [3.05, 3.63) is 82.9 Å². The quantitative estimate of drug-likeness (QED) is 0.792. The van der Waals surface area contributed by atoms with Crippen molar-refractivity contribution in [2.75, 3.05) is 0 Å². The van der Waals surface area contributed by atoms with Crippen molar-refractivity contribution in [1.82, 2.24) is 0 Å². The highest BCUT2D eigenvalue weighted by Crippen LogP contribution is 2.30. The molecule has 0 unspecified atom stereocenters. The fraction of sp³-hybridized carbons (Fsp3) is 0.158. The lowest BCUT2D eigenvalue weighted by Gasteiger charge is -2.12. The molecule has 130 valence electrons. The van der Waals surface area contributed by atoms with Gasteiger partial charge in [-0.15, -0.1) is 0 Å². The number of carbonyl (C=O) groups is 2. The van der Waals surface area contributed by atoms with Gasteiger partial charge in [-0.3, -0.25) is 4.79 Å². The Kier molecular flexibility index (Phi) is 5.41. The van der Waals surface area contributed by atoms with Gasteiger partial charge in [0.25, 0.3) is 0 Å². The zero-order chi connectivity index (χ0) is 18.6. The smallest absolute Gasteiger partial charge is 0.416 e. The number of allylic oxidation sites excluding steroid dienone is 1. The Morgan fingerprint density at radius 1 is 1.08 bits per heavy atom. The Bertz CT molecular complexity index is 823. The van der Waals surface area contributed by atoms with E-state index in [-0.39, 0.29) is 24.2 Å². The van der Waals surface area contributed by atoms with Crippen molar-refractivity contribution in [1.29, 1.82) is 0 Å². The second-order valence-corrected chi connectivity index (χ2v) is 5.48. The Labute approximate surface area is 142 Å². The van der Waals surface area contributed by atoms with Crippen LogP contribution in [-0.2, 0) is 23.8 Å². The van der Waals surface area contributed by atoms with E-state index in [0.29, 0.717) is 16.7 Å². The van der Waals surface area contributed by atoms with Crippen LogP contribution < -0.4 is 0 Å². The number of benzene rings is 2. The van der Waals surface area contributed by atoms with Gasteiger partial charge < -0.3 is 5.11 Å². The first kappa shape index (κ1) is 18.4. The Morgan fingerprint density at radius 2 is 1.72 bits per heavy atom. The third-order valence-electron chi connectivity index (χ3n) is 3.69. The summed E-state index contributed by atoms with van der Waals surface area (Å²) in [6, 6.07) is 9.37. The average Bonchev–Trinajstić information content (AvgIpc) is 2.54. The third-order valence-corrected chi connectivity index (χ3v) is 3.69. The zero-order valence-electron chi connectivity index (χ0n) is 13.1. The van der Waals surface area contributed by atoms with E-state index in [0.717, 1.165) is 18.2 Å². The minimum absolute atomic E-state index is 0.0155. The average molecular weight is 348 g/mol. The molecule has 1 N–H and O–H groups in total. The van der Waals surface area contributed by atoms with Crippen molar-refractivity contribution in [3.63, 3.8) is 0 Å². The summed E-state index contributed by atoms with van der Waals surface area (Å²) in [6.45, 7) is 3.35. The van der Waals surface area contributed by atoms with Crippen LogP contribution in [0.3, 0.4) is 0 Å². The van der Waals surface area contributed by atoms with Crippen molar-refractivity contribution in [2.24, 2.45) is 0 Å². The Morgan fingerprint density at radius 3 is 2.32 bits per heavy atom. The van der Waals surface area contributed by atoms with Crippen molar-refractivity contribution >= 4 is 11.8 Å². The fourth-order valence-corrected chi connectivity index (χ4v) is 2.56. The minimum Gasteiger partial charge on any atom is -0.478 e. The molecular formula is C19H15F3O3. The molecule has 6 heteroatoms. The monoisotopic (exact) mass is 348 g/mol. The van der Waals surface area contributed by atoms with Crippen molar-refractivity contribution < 1.29 is 27.9 Å². The lowest BCUT2D eigenvalue weighted by atomic mass is 9.93. The predicted octanol–water partition coefficient (Wildman–Crippen LogP) is 4.29. The van der Waals surface area contributed by atoms with Crippen LogP contribution >= 0.6 is 0 Å². The lowest BCUT2D eigenvalue weighted by Crippen LogP contribution is -2.11. The molecule has 0 radical (unpaired) electrons. The molecule has 3 nitrogen and oxygen atoms in total. The molecular weight excluding hydrogens is 333 g/mol. The first-order valence-electron chi connectivity index (χ1n) is 7.38. The highest BCUT2D eigenvalue weighted by atomic mass is 19.4. The highest BCUT2D eigenvalue weighted by Gasteiger charge is 2.30. The number of carboxylic acid groups (broad SMARTS) is 1. The first-order valence-corrected chi connectivity index (χ1v) is 7.38. The fourth-order valence-electron chi connectivity index (χ4n) is 2.56. The van der Waals surface area contributed by atoms with E-state index in [1.807, 2.05) is 0 Å². The van der Waals surface area contributed by atoms with Gasteiger partial charge in [-0.25, -0.2) is 4.79 Å². The van der Waals surface area contributed by atoms with Gasteiger partial charge in [0.1, 0.15) is 0 Å². The van der Waals surface area contributed by atoms with Crippen molar-refractivity contribution in [2.45, 2.75) is 19.0 Å². The number of halogens is 3. The number of carboxylic acids is 1. The molecule has 0 fully saturated rings. The maximum atomic E-state index is 12.8. The second-order valence-electron chi connectivity index (χ2n) is 5.48. The molecule has 0 aliphatic carbocycles. The largest absolute Gasteiger partial charge is 0.478 e. The molecule has 0 bridgehead atoms. The van der Waals surface area contributed by atoms with Gasteiger partial charge >= 0.3 is 12.1 Å². The summed E-state index contributed by atoms with van der Waals surface area (Å²) in [5.41, 5.74) is 0.141. The van der Waals surface area contributed by atoms with Gasteiger partial charge in [0.15, 0.2) is 5.78 Å². The molecule has 0 saturated carbocycles. The van der Waals surface area contributed by atoms with Gasteiger partial charge in [-0.2, -0.15) is 13.2 Å². The summed E-state index contributed by atoms with van der Waals surface area (Å²) in [5.74, 6) is -1.56. The van der Waals surface area contributed by atoms with Gasteiger partial charge in [-0.05, 0) is 35.3 Å². The standard InChI is InChI=1S/C19H15F3O3/c1-2-16(23)11-14-7-4-6-13(17(14)18(24)25)9-12-5-3-8-15(10-12)19(20,21)22/h2-8,10H,1,9,11H2,(H,24,25). The van der Waals surface area contributed by atoms with Crippen LogP contribution in [0.15, 0.2) is 55.1 Å². The number of ketones is 1. The normalized spacial score (nSPS) is 11.2. The summed E-state index contributed by atoms with van der Waals surface area (Å²) in [4.78, 5) is 23.2. The summed E-state index contributed by atoms with van der Waals surface area (Å²) >= 11 is 0. The van der Waals surface area contributed by atoms with Gasteiger partial charge in [0, 0.05) is 6.42 Å². The van der Waals surface area contributed by atoms with E-state index < -0.39 is 17.7 Å².